The number of carbonyl (C=O) groups is 1. The van der Waals surface area contributed by atoms with Gasteiger partial charge in [-0.2, -0.15) is 0 Å². The third kappa shape index (κ3) is 2.39. The van der Waals surface area contributed by atoms with E-state index in [1.165, 1.54) is 13.0 Å². The van der Waals surface area contributed by atoms with Gasteiger partial charge in [0.2, 0.25) is 0 Å². The summed E-state index contributed by atoms with van der Waals surface area (Å²) in [6.07, 6.45) is 0.533. The third-order valence-electron chi connectivity index (χ3n) is 2.34. The number of benzene rings is 1. The van der Waals surface area contributed by atoms with Gasteiger partial charge in [-0.1, -0.05) is 25.1 Å². The van der Waals surface area contributed by atoms with Gasteiger partial charge in [0.25, 0.3) is 5.69 Å². The molecule has 0 aliphatic carbocycles. The highest BCUT2D eigenvalue weighted by Crippen LogP contribution is 2.33. The number of nitrogens with zero attached hydrogens (tertiary/aromatic N) is 1. The van der Waals surface area contributed by atoms with Crippen molar-refractivity contribution >= 4 is 23.1 Å². The summed E-state index contributed by atoms with van der Waals surface area (Å²) in [5, 5.41) is 10.0. The van der Waals surface area contributed by atoms with E-state index in [0.717, 1.165) is 0 Å². The van der Waals surface area contributed by atoms with Crippen LogP contribution in [0.2, 0.25) is 0 Å². The maximum Gasteiger partial charge on any atom is 0.277 e. The van der Waals surface area contributed by atoms with Crippen LogP contribution >= 0.6 is 11.6 Å². The van der Waals surface area contributed by atoms with Gasteiger partial charge in [0, 0.05) is 5.56 Å². The second-order valence-corrected chi connectivity index (χ2v) is 3.88. The van der Waals surface area contributed by atoms with Crippen molar-refractivity contribution in [2.45, 2.75) is 25.6 Å². The van der Waals surface area contributed by atoms with Crippen LogP contribution in [0.3, 0.4) is 0 Å². The first-order chi connectivity index (χ1) is 7.49. The van der Waals surface area contributed by atoms with E-state index in [4.69, 9.17) is 11.6 Å². The van der Waals surface area contributed by atoms with Gasteiger partial charge in [-0.05, 0) is 13.3 Å². The van der Waals surface area contributed by atoms with E-state index in [9.17, 15) is 14.9 Å². The van der Waals surface area contributed by atoms with E-state index in [2.05, 4.69) is 0 Å². The number of rotatable bonds is 4. The molecular formula is C11H12ClNO3. The van der Waals surface area contributed by atoms with Crippen LogP contribution in [-0.2, 0) is 11.2 Å². The molecule has 0 aromatic heterocycles. The van der Waals surface area contributed by atoms with E-state index in [-0.39, 0.29) is 17.0 Å². The molecule has 0 saturated carbocycles. The van der Waals surface area contributed by atoms with E-state index in [1.54, 1.807) is 12.1 Å². The Balaban J connectivity index is 3.38. The number of hydrogen-bond acceptors (Lipinski definition) is 3. The average molecular weight is 242 g/mol. The molecule has 4 nitrogen and oxygen atoms in total. The van der Waals surface area contributed by atoms with Gasteiger partial charge in [0.05, 0.1) is 10.5 Å². The van der Waals surface area contributed by atoms with Crippen LogP contribution < -0.4 is 0 Å². The topological polar surface area (TPSA) is 60.2 Å². The molecule has 0 aliphatic rings. The summed E-state index contributed by atoms with van der Waals surface area (Å²) in [5.74, 6) is -0.294. The number of aryl methyl sites for hydroxylation is 1. The Morgan fingerprint density at radius 2 is 2.19 bits per heavy atom. The number of hydrogen-bond donors (Lipinski definition) is 0. The van der Waals surface area contributed by atoms with Crippen LogP contribution in [0.25, 0.3) is 0 Å². The van der Waals surface area contributed by atoms with Gasteiger partial charge in [0.1, 0.15) is 5.38 Å². The first-order valence-electron chi connectivity index (χ1n) is 4.89. The number of nitro benzene ring substituents is 1. The van der Waals surface area contributed by atoms with E-state index < -0.39 is 10.3 Å². The smallest absolute Gasteiger partial charge is 0.277 e. The minimum atomic E-state index is -0.952. The van der Waals surface area contributed by atoms with Crippen LogP contribution in [0, 0.1) is 10.1 Å². The van der Waals surface area contributed by atoms with Crippen molar-refractivity contribution in [1.82, 2.24) is 0 Å². The Kier molecular flexibility index (Phi) is 4.01. The van der Waals surface area contributed by atoms with Gasteiger partial charge in [-0.25, -0.2) is 0 Å². The summed E-state index contributed by atoms with van der Waals surface area (Å²) in [7, 11) is 0. The van der Waals surface area contributed by atoms with Crippen LogP contribution in [0.5, 0.6) is 0 Å². The molecule has 1 aromatic carbocycles. The Morgan fingerprint density at radius 1 is 1.56 bits per heavy atom. The number of alkyl halides is 1. The number of nitro groups is 1. The lowest BCUT2D eigenvalue weighted by atomic mass is 10.0. The molecule has 16 heavy (non-hydrogen) atoms. The molecule has 86 valence electrons. The molecular weight excluding hydrogens is 230 g/mol. The summed E-state index contributed by atoms with van der Waals surface area (Å²) >= 11 is 5.87. The number of para-hydroxylation sites is 1. The molecule has 0 fully saturated rings. The highest BCUT2D eigenvalue weighted by molar-refractivity contribution is 6.31. The molecule has 0 spiro atoms. The summed E-state index contributed by atoms with van der Waals surface area (Å²) in [6.45, 7) is 3.14. The molecule has 1 atom stereocenters. The lowest BCUT2D eigenvalue weighted by Gasteiger charge is -2.09. The van der Waals surface area contributed by atoms with Crippen molar-refractivity contribution in [3.63, 3.8) is 0 Å². The van der Waals surface area contributed by atoms with Crippen molar-refractivity contribution in [1.29, 1.82) is 0 Å². The van der Waals surface area contributed by atoms with E-state index in [0.29, 0.717) is 12.0 Å². The molecule has 0 N–H and O–H groups in total. The zero-order valence-corrected chi connectivity index (χ0v) is 9.82. The SMILES string of the molecule is CCc1cccc(C(Cl)C(C)=O)c1[N+](=O)[O-]. The Hall–Kier alpha value is -1.42. The van der Waals surface area contributed by atoms with Crippen molar-refractivity contribution in [3.8, 4) is 0 Å². The van der Waals surface area contributed by atoms with E-state index in [1.807, 2.05) is 6.92 Å². The number of ketones is 1. The van der Waals surface area contributed by atoms with Crippen LogP contribution in [0.15, 0.2) is 18.2 Å². The Morgan fingerprint density at radius 3 is 2.62 bits per heavy atom. The molecule has 0 saturated heterocycles. The highest BCUT2D eigenvalue weighted by Gasteiger charge is 2.25. The second kappa shape index (κ2) is 5.07. The summed E-state index contributed by atoms with van der Waals surface area (Å²) in [5.41, 5.74) is 0.827. The Labute approximate surface area is 98.4 Å². The fraction of sp³-hybridized carbons (Fsp3) is 0.364. The zero-order valence-electron chi connectivity index (χ0n) is 9.07. The minimum absolute atomic E-state index is 0.0415. The number of Topliss-reactive ketones (excluding diaryl/α,β-unsaturated/α-hetero) is 1. The lowest BCUT2D eigenvalue weighted by molar-refractivity contribution is -0.386. The molecule has 1 rings (SSSR count). The van der Waals surface area contributed by atoms with Gasteiger partial charge in [0.15, 0.2) is 5.78 Å². The lowest BCUT2D eigenvalue weighted by Crippen LogP contribution is -2.07. The molecule has 0 aliphatic heterocycles. The predicted molar refractivity (Wildman–Crippen MR) is 61.7 cm³/mol. The molecule has 0 bridgehead atoms. The molecule has 1 aromatic rings. The molecule has 5 heteroatoms. The summed E-state index contributed by atoms with van der Waals surface area (Å²) < 4.78 is 0. The van der Waals surface area contributed by atoms with Crippen LogP contribution in [0.1, 0.15) is 30.4 Å². The molecule has 0 radical (unpaired) electrons. The predicted octanol–water partition coefficient (Wildman–Crippen LogP) is 3.03. The highest BCUT2D eigenvalue weighted by atomic mass is 35.5. The summed E-state index contributed by atoms with van der Waals surface area (Å²) in [4.78, 5) is 21.6. The summed E-state index contributed by atoms with van der Waals surface area (Å²) in [6, 6.07) is 4.88. The first-order valence-corrected chi connectivity index (χ1v) is 5.33. The maximum absolute atomic E-state index is 11.2. The van der Waals surface area contributed by atoms with Gasteiger partial charge >= 0.3 is 0 Å². The molecule has 0 amide bonds. The minimum Gasteiger partial charge on any atom is -0.298 e. The quantitative estimate of drug-likeness (QED) is 0.462. The van der Waals surface area contributed by atoms with E-state index >= 15 is 0 Å². The monoisotopic (exact) mass is 241 g/mol. The largest absolute Gasteiger partial charge is 0.298 e. The third-order valence-corrected chi connectivity index (χ3v) is 2.89. The normalized spacial score (nSPS) is 12.2. The second-order valence-electron chi connectivity index (χ2n) is 3.44. The maximum atomic E-state index is 11.2. The number of carbonyl (C=O) groups excluding carboxylic acids is 1. The van der Waals surface area contributed by atoms with Gasteiger partial charge < -0.3 is 0 Å². The van der Waals surface area contributed by atoms with Gasteiger partial charge in [-0.15, -0.1) is 11.6 Å². The fourth-order valence-corrected chi connectivity index (χ4v) is 1.72. The van der Waals surface area contributed by atoms with Crippen LogP contribution in [0.4, 0.5) is 5.69 Å². The number of halogens is 1. The van der Waals surface area contributed by atoms with Crippen molar-refractivity contribution < 1.29 is 9.72 Å². The fourth-order valence-electron chi connectivity index (χ4n) is 1.54. The Bertz CT molecular complexity index is 431. The molecule has 0 heterocycles. The first kappa shape index (κ1) is 12.6. The van der Waals surface area contributed by atoms with Crippen molar-refractivity contribution in [2.24, 2.45) is 0 Å². The average Bonchev–Trinajstić information content (AvgIpc) is 2.26. The standard InChI is InChI=1S/C11H12ClNO3/c1-3-8-5-4-6-9(10(12)7(2)14)11(8)13(15)16/h4-6,10H,3H2,1-2H3. The van der Waals surface area contributed by atoms with Crippen LogP contribution in [-0.4, -0.2) is 10.7 Å². The van der Waals surface area contributed by atoms with Gasteiger partial charge in [-0.3, -0.25) is 14.9 Å². The zero-order chi connectivity index (χ0) is 12.3. The van der Waals surface area contributed by atoms with Crippen molar-refractivity contribution in [2.75, 3.05) is 0 Å². The molecule has 1 unspecified atom stereocenters. The van der Waals surface area contributed by atoms with Crippen molar-refractivity contribution in [3.05, 3.63) is 39.4 Å².